The zero-order valence-electron chi connectivity index (χ0n) is 17.2. The molecule has 0 radical (unpaired) electrons. The van der Waals surface area contributed by atoms with Gasteiger partial charge >= 0.3 is 0 Å². The number of likely N-dealkylation sites (tertiary alicyclic amines) is 1. The second-order valence-electron chi connectivity index (χ2n) is 8.35. The fourth-order valence-electron chi connectivity index (χ4n) is 4.68. The highest BCUT2D eigenvalue weighted by atomic mass is 35.5. The van der Waals surface area contributed by atoms with Crippen LogP contribution in [-0.2, 0) is 6.54 Å². The Morgan fingerprint density at radius 3 is 2.57 bits per heavy atom. The largest absolute Gasteiger partial charge is 0.397 e. The molecule has 8 heteroatoms. The molecule has 1 aromatic heterocycles. The molecule has 0 aliphatic carbocycles. The highest BCUT2D eigenvalue weighted by Crippen LogP contribution is 2.29. The predicted molar refractivity (Wildman–Crippen MR) is 122 cm³/mol. The molecule has 2 aliphatic heterocycles. The monoisotopic (exact) mass is 451 g/mol. The van der Waals surface area contributed by atoms with E-state index >= 15 is 0 Å². The lowest BCUT2D eigenvalue weighted by molar-refractivity contribution is 0.0687. The van der Waals surface area contributed by atoms with E-state index < -0.39 is 0 Å². The molecule has 5 nitrogen and oxygen atoms in total. The van der Waals surface area contributed by atoms with Crippen molar-refractivity contribution in [3.8, 4) is 0 Å². The van der Waals surface area contributed by atoms with Crippen LogP contribution in [0.1, 0.15) is 25.3 Å². The van der Waals surface area contributed by atoms with Gasteiger partial charge in [-0.05, 0) is 51.1 Å². The number of pyridine rings is 1. The van der Waals surface area contributed by atoms with E-state index in [2.05, 4.69) is 26.6 Å². The summed E-state index contributed by atoms with van der Waals surface area (Å²) in [6, 6.07) is 7.69. The van der Waals surface area contributed by atoms with Crippen LogP contribution in [-0.4, -0.2) is 59.6 Å². The second kappa shape index (κ2) is 9.27. The molecule has 2 aliphatic rings. The van der Waals surface area contributed by atoms with Crippen LogP contribution < -0.4 is 10.6 Å². The maximum absolute atomic E-state index is 14.1. The average molecular weight is 452 g/mol. The van der Waals surface area contributed by atoms with Crippen molar-refractivity contribution in [3.05, 3.63) is 51.9 Å². The first-order chi connectivity index (χ1) is 14.4. The zero-order valence-corrected chi connectivity index (χ0v) is 18.7. The number of nitrogens with zero attached hydrogens (tertiary/aromatic N) is 4. The predicted octanol–water partition coefficient (Wildman–Crippen LogP) is 4.28. The van der Waals surface area contributed by atoms with E-state index in [0.717, 1.165) is 51.4 Å². The van der Waals surface area contributed by atoms with Crippen LogP contribution in [0.4, 0.5) is 15.9 Å². The van der Waals surface area contributed by atoms with Crippen molar-refractivity contribution in [3.63, 3.8) is 0 Å². The Kier molecular flexibility index (Phi) is 6.68. The molecule has 2 N–H and O–H groups in total. The summed E-state index contributed by atoms with van der Waals surface area (Å²) in [6.07, 6.45) is 3.86. The van der Waals surface area contributed by atoms with Gasteiger partial charge in [-0.3, -0.25) is 9.80 Å². The standard InChI is InChI=1S/C22H28Cl2FN5/c1-15-13-29(22-20(24)11-18(26)12-27-22)8-9-30(15)19-4-6-28(7-5-19)14-16-2-3-17(23)10-21(16)25/h2-3,10-12,15,19H,4-9,13-14,26H2,1H3. The third-order valence-corrected chi connectivity index (χ3v) is 6.77. The van der Waals surface area contributed by atoms with Crippen molar-refractivity contribution < 1.29 is 4.39 Å². The smallest absolute Gasteiger partial charge is 0.147 e. The van der Waals surface area contributed by atoms with Crippen LogP contribution in [0.3, 0.4) is 0 Å². The minimum absolute atomic E-state index is 0.218. The van der Waals surface area contributed by atoms with E-state index in [1.54, 1.807) is 24.4 Å². The minimum atomic E-state index is -0.218. The van der Waals surface area contributed by atoms with E-state index in [1.807, 2.05) is 0 Å². The number of hydrogen-bond acceptors (Lipinski definition) is 5. The Morgan fingerprint density at radius 2 is 1.90 bits per heavy atom. The van der Waals surface area contributed by atoms with Gasteiger partial charge in [-0.25, -0.2) is 9.37 Å². The van der Waals surface area contributed by atoms with E-state index in [0.29, 0.717) is 39.9 Å². The Morgan fingerprint density at radius 1 is 1.13 bits per heavy atom. The van der Waals surface area contributed by atoms with Crippen molar-refractivity contribution in [2.75, 3.05) is 43.4 Å². The molecule has 1 unspecified atom stereocenters. The molecule has 2 aromatic rings. The molecule has 2 fully saturated rings. The molecule has 2 saturated heterocycles. The third kappa shape index (κ3) is 4.83. The van der Waals surface area contributed by atoms with Gasteiger partial charge in [-0.1, -0.05) is 29.3 Å². The number of rotatable bonds is 4. The number of benzene rings is 1. The van der Waals surface area contributed by atoms with Crippen molar-refractivity contribution in [1.82, 2.24) is 14.8 Å². The van der Waals surface area contributed by atoms with Crippen LogP contribution in [0.15, 0.2) is 30.5 Å². The van der Waals surface area contributed by atoms with Crippen LogP contribution in [0.25, 0.3) is 0 Å². The maximum Gasteiger partial charge on any atom is 0.147 e. The van der Waals surface area contributed by atoms with E-state index in [-0.39, 0.29) is 5.82 Å². The Labute approximate surface area is 187 Å². The quantitative estimate of drug-likeness (QED) is 0.751. The summed E-state index contributed by atoms with van der Waals surface area (Å²) in [5.74, 6) is 0.599. The Bertz CT molecular complexity index is 888. The maximum atomic E-state index is 14.1. The molecule has 30 heavy (non-hydrogen) atoms. The summed E-state index contributed by atoms with van der Waals surface area (Å²) in [6.45, 7) is 7.65. The molecule has 1 atom stereocenters. The molecule has 0 spiro atoms. The minimum Gasteiger partial charge on any atom is -0.397 e. The van der Waals surface area contributed by atoms with Crippen LogP contribution in [0.2, 0.25) is 10.0 Å². The molecule has 0 amide bonds. The number of halogens is 3. The molecule has 0 bridgehead atoms. The van der Waals surface area contributed by atoms with Crippen LogP contribution in [0.5, 0.6) is 0 Å². The van der Waals surface area contributed by atoms with Gasteiger partial charge in [0.1, 0.15) is 11.6 Å². The molecule has 3 heterocycles. The summed E-state index contributed by atoms with van der Waals surface area (Å²) < 4.78 is 14.1. The number of piperidine rings is 1. The summed E-state index contributed by atoms with van der Waals surface area (Å²) in [7, 11) is 0. The Balaban J connectivity index is 1.31. The normalized spacial score (nSPS) is 21.9. The van der Waals surface area contributed by atoms with E-state index in [9.17, 15) is 4.39 Å². The second-order valence-corrected chi connectivity index (χ2v) is 9.19. The van der Waals surface area contributed by atoms with Gasteiger partial charge in [0.2, 0.25) is 0 Å². The molecule has 4 rings (SSSR count). The van der Waals surface area contributed by atoms with Crippen molar-refractivity contribution >= 4 is 34.7 Å². The number of piperazine rings is 1. The molecular formula is C22H28Cl2FN5. The van der Waals surface area contributed by atoms with E-state index in [4.69, 9.17) is 28.9 Å². The van der Waals surface area contributed by atoms with Crippen molar-refractivity contribution in [1.29, 1.82) is 0 Å². The van der Waals surface area contributed by atoms with Gasteiger partial charge in [0.05, 0.1) is 16.9 Å². The fourth-order valence-corrected chi connectivity index (χ4v) is 5.14. The highest BCUT2D eigenvalue weighted by molar-refractivity contribution is 6.33. The van der Waals surface area contributed by atoms with Gasteiger partial charge < -0.3 is 10.6 Å². The third-order valence-electron chi connectivity index (χ3n) is 6.26. The number of aromatic nitrogens is 1. The van der Waals surface area contributed by atoms with Gasteiger partial charge in [0.15, 0.2) is 0 Å². The summed E-state index contributed by atoms with van der Waals surface area (Å²) in [5.41, 5.74) is 7.07. The zero-order chi connectivity index (χ0) is 21.3. The van der Waals surface area contributed by atoms with Crippen molar-refractivity contribution in [2.24, 2.45) is 0 Å². The SMILES string of the molecule is CC1CN(c2ncc(N)cc2Cl)CCN1C1CCN(Cc2ccc(Cl)cc2F)CC1. The molecule has 1 aromatic carbocycles. The summed E-state index contributed by atoms with van der Waals surface area (Å²) in [4.78, 5) is 11.6. The van der Waals surface area contributed by atoms with Gasteiger partial charge in [0.25, 0.3) is 0 Å². The topological polar surface area (TPSA) is 48.6 Å². The highest BCUT2D eigenvalue weighted by Gasteiger charge is 2.32. The summed E-state index contributed by atoms with van der Waals surface area (Å²) >= 11 is 12.2. The molecular weight excluding hydrogens is 424 g/mol. The number of nitrogen functional groups attached to an aromatic ring is 1. The fraction of sp³-hybridized carbons (Fsp3) is 0.500. The lowest BCUT2D eigenvalue weighted by Gasteiger charge is -2.47. The van der Waals surface area contributed by atoms with Gasteiger partial charge in [0, 0.05) is 48.8 Å². The Hall–Kier alpha value is -1.60. The average Bonchev–Trinajstić information content (AvgIpc) is 2.71. The first-order valence-electron chi connectivity index (χ1n) is 10.5. The van der Waals surface area contributed by atoms with Crippen LogP contribution in [0, 0.1) is 5.82 Å². The first-order valence-corrected chi connectivity index (χ1v) is 11.2. The lowest BCUT2D eigenvalue weighted by atomic mass is 9.99. The van der Waals surface area contributed by atoms with Gasteiger partial charge in [-0.2, -0.15) is 0 Å². The first kappa shape index (κ1) is 21.6. The van der Waals surface area contributed by atoms with Gasteiger partial charge in [-0.15, -0.1) is 0 Å². The van der Waals surface area contributed by atoms with Crippen LogP contribution >= 0.6 is 23.2 Å². The number of anilines is 2. The van der Waals surface area contributed by atoms with E-state index in [1.165, 1.54) is 6.07 Å². The number of hydrogen-bond donors (Lipinski definition) is 1. The lowest BCUT2D eigenvalue weighted by Crippen LogP contribution is -2.57. The molecule has 162 valence electrons. The summed E-state index contributed by atoms with van der Waals surface area (Å²) in [5, 5.41) is 1.05. The molecule has 0 saturated carbocycles. The van der Waals surface area contributed by atoms with Crippen molar-refractivity contribution in [2.45, 2.75) is 38.4 Å². The number of nitrogens with two attached hydrogens (primary N) is 1.